The highest BCUT2D eigenvalue weighted by molar-refractivity contribution is 5.32. The summed E-state index contributed by atoms with van der Waals surface area (Å²) < 4.78 is 17.1. The Morgan fingerprint density at radius 3 is 2.24 bits per heavy atom. The lowest BCUT2D eigenvalue weighted by Crippen LogP contribution is -2.15. The number of hydrogen-bond acceptors (Lipinski definition) is 4. The smallest absolute Gasteiger partial charge is 0.123 e. The molecule has 136 valence electrons. The Balaban J connectivity index is 1.50. The number of hydrogen-bond donors (Lipinski definition) is 1. The van der Waals surface area contributed by atoms with Gasteiger partial charge < -0.3 is 19.5 Å². The molecular weight excluding hydrogens is 314 g/mol. The number of unbranched alkanes of at least 4 members (excludes halogenated alkanes) is 2. The molecule has 2 aromatic rings. The fourth-order valence-corrected chi connectivity index (χ4v) is 2.36. The molecule has 0 aromatic heterocycles. The summed E-state index contributed by atoms with van der Waals surface area (Å²) in [6.07, 6.45) is 3.19. The maximum Gasteiger partial charge on any atom is 0.123 e. The van der Waals surface area contributed by atoms with E-state index in [1.807, 2.05) is 49.5 Å². The van der Waals surface area contributed by atoms with Crippen molar-refractivity contribution in [1.29, 1.82) is 0 Å². The molecule has 2 aromatic carbocycles. The number of likely N-dealkylation sites (N-methyl/N-ethyl adjacent to an activating group) is 1. The van der Waals surface area contributed by atoms with Crippen LogP contribution < -0.4 is 14.8 Å². The summed E-state index contributed by atoms with van der Waals surface area (Å²) in [7, 11) is 1.91. The molecule has 0 aliphatic carbocycles. The van der Waals surface area contributed by atoms with E-state index in [4.69, 9.17) is 14.2 Å². The quantitative estimate of drug-likeness (QED) is 0.557. The molecule has 0 radical (unpaired) electrons. The average Bonchev–Trinajstić information content (AvgIpc) is 2.65. The lowest BCUT2D eigenvalue weighted by Gasteiger charge is -2.09. The predicted molar refractivity (Wildman–Crippen MR) is 101 cm³/mol. The van der Waals surface area contributed by atoms with Gasteiger partial charge in [0.15, 0.2) is 0 Å². The van der Waals surface area contributed by atoms with Crippen LogP contribution >= 0.6 is 0 Å². The molecular formula is C21H29NO3. The van der Waals surface area contributed by atoms with Crippen LogP contribution in [-0.2, 0) is 11.3 Å². The summed E-state index contributed by atoms with van der Waals surface area (Å²) >= 11 is 0. The number of nitrogens with one attached hydrogen (secondary N) is 1. The molecule has 0 amide bonds. The Bertz CT molecular complexity index is 574. The second kappa shape index (κ2) is 12.3. The van der Waals surface area contributed by atoms with Gasteiger partial charge in [0.25, 0.3) is 0 Å². The first-order valence-corrected chi connectivity index (χ1v) is 9.00. The Morgan fingerprint density at radius 2 is 1.48 bits per heavy atom. The van der Waals surface area contributed by atoms with Crippen molar-refractivity contribution in [1.82, 2.24) is 5.32 Å². The maximum absolute atomic E-state index is 5.79. The average molecular weight is 343 g/mol. The summed E-state index contributed by atoms with van der Waals surface area (Å²) in [5.74, 6) is 1.71. The highest BCUT2D eigenvalue weighted by Crippen LogP contribution is 2.19. The van der Waals surface area contributed by atoms with Gasteiger partial charge in [-0.2, -0.15) is 0 Å². The highest BCUT2D eigenvalue weighted by atomic mass is 16.5. The molecule has 0 unspecified atom stereocenters. The Morgan fingerprint density at radius 1 is 0.760 bits per heavy atom. The first-order chi connectivity index (χ1) is 12.4. The third-order valence-electron chi connectivity index (χ3n) is 3.74. The van der Waals surface area contributed by atoms with E-state index in [1.165, 1.54) is 5.56 Å². The molecule has 4 nitrogen and oxygen atoms in total. The van der Waals surface area contributed by atoms with E-state index in [1.54, 1.807) is 0 Å². The monoisotopic (exact) mass is 343 g/mol. The third-order valence-corrected chi connectivity index (χ3v) is 3.74. The first-order valence-electron chi connectivity index (χ1n) is 9.00. The minimum atomic E-state index is 0.656. The molecule has 25 heavy (non-hydrogen) atoms. The van der Waals surface area contributed by atoms with Gasteiger partial charge in [-0.25, -0.2) is 0 Å². The van der Waals surface area contributed by atoms with Crippen LogP contribution in [0.2, 0.25) is 0 Å². The van der Waals surface area contributed by atoms with E-state index >= 15 is 0 Å². The normalized spacial score (nSPS) is 10.6. The first kappa shape index (κ1) is 19.3. The van der Waals surface area contributed by atoms with Crippen LogP contribution in [0.25, 0.3) is 0 Å². The van der Waals surface area contributed by atoms with Gasteiger partial charge in [-0.15, -0.1) is 0 Å². The molecule has 0 fully saturated rings. The lowest BCUT2D eigenvalue weighted by atomic mass is 10.2. The van der Waals surface area contributed by atoms with Crippen molar-refractivity contribution >= 4 is 0 Å². The van der Waals surface area contributed by atoms with E-state index in [2.05, 4.69) is 17.4 Å². The van der Waals surface area contributed by atoms with Gasteiger partial charge in [0, 0.05) is 19.2 Å². The summed E-state index contributed by atoms with van der Waals surface area (Å²) in [4.78, 5) is 0. The third kappa shape index (κ3) is 8.57. The molecule has 1 N–H and O–H groups in total. The molecule has 4 heteroatoms. The molecule has 2 rings (SSSR count). The van der Waals surface area contributed by atoms with Crippen LogP contribution in [-0.4, -0.2) is 33.4 Å². The maximum atomic E-state index is 5.79. The van der Waals surface area contributed by atoms with Gasteiger partial charge in [0.05, 0.1) is 13.2 Å². The van der Waals surface area contributed by atoms with Gasteiger partial charge >= 0.3 is 0 Å². The zero-order valence-corrected chi connectivity index (χ0v) is 15.1. The van der Waals surface area contributed by atoms with E-state index in [0.29, 0.717) is 13.2 Å². The molecule has 0 heterocycles. The Labute approximate surface area is 151 Å². The predicted octanol–water partition coefficient (Wildman–Crippen LogP) is 4.05. The van der Waals surface area contributed by atoms with Crippen LogP contribution in [0.1, 0.15) is 24.8 Å². The van der Waals surface area contributed by atoms with Crippen molar-refractivity contribution in [3.63, 3.8) is 0 Å². The van der Waals surface area contributed by atoms with Crippen molar-refractivity contribution in [2.24, 2.45) is 0 Å². The van der Waals surface area contributed by atoms with Crippen LogP contribution in [0.4, 0.5) is 0 Å². The molecule has 0 saturated carbocycles. The highest BCUT2D eigenvalue weighted by Gasteiger charge is 1.99. The molecule has 0 aliphatic rings. The number of ether oxygens (including phenoxy) is 3. The van der Waals surface area contributed by atoms with Crippen molar-refractivity contribution in [2.75, 3.05) is 33.4 Å². The zero-order chi connectivity index (χ0) is 17.6. The van der Waals surface area contributed by atoms with Gasteiger partial charge in [-0.1, -0.05) is 36.4 Å². The minimum absolute atomic E-state index is 0.656. The molecule has 0 spiro atoms. The summed E-state index contributed by atoms with van der Waals surface area (Å²) in [5, 5.41) is 3.06. The fraction of sp³-hybridized carbons (Fsp3) is 0.429. The topological polar surface area (TPSA) is 39.7 Å². The summed E-state index contributed by atoms with van der Waals surface area (Å²) in [5.41, 5.74) is 1.22. The van der Waals surface area contributed by atoms with E-state index in [9.17, 15) is 0 Å². The van der Waals surface area contributed by atoms with Crippen LogP contribution in [0, 0.1) is 0 Å². The van der Waals surface area contributed by atoms with Crippen molar-refractivity contribution < 1.29 is 14.2 Å². The van der Waals surface area contributed by atoms with E-state index in [-0.39, 0.29) is 0 Å². The van der Waals surface area contributed by atoms with Gasteiger partial charge in [-0.3, -0.25) is 0 Å². The largest absolute Gasteiger partial charge is 0.493 e. The minimum Gasteiger partial charge on any atom is -0.493 e. The number of rotatable bonds is 13. The van der Waals surface area contributed by atoms with Gasteiger partial charge in [-0.05, 0) is 44.0 Å². The molecule has 0 aliphatic heterocycles. The second-order valence-corrected chi connectivity index (χ2v) is 5.87. The number of benzene rings is 2. The van der Waals surface area contributed by atoms with Crippen LogP contribution in [0.3, 0.4) is 0 Å². The molecule has 0 bridgehead atoms. The van der Waals surface area contributed by atoms with Gasteiger partial charge in [0.2, 0.25) is 0 Å². The van der Waals surface area contributed by atoms with Crippen LogP contribution in [0.15, 0.2) is 54.6 Å². The fourth-order valence-electron chi connectivity index (χ4n) is 2.36. The Hall–Kier alpha value is -2.04. The zero-order valence-electron chi connectivity index (χ0n) is 15.1. The van der Waals surface area contributed by atoms with Crippen LogP contribution in [0.5, 0.6) is 11.5 Å². The summed E-state index contributed by atoms with van der Waals surface area (Å²) in [6.45, 7) is 3.69. The molecule has 0 saturated heterocycles. The lowest BCUT2D eigenvalue weighted by molar-refractivity contribution is 0.116. The van der Waals surface area contributed by atoms with E-state index in [0.717, 1.165) is 50.5 Å². The molecule has 0 atom stereocenters. The SMILES string of the molecule is CNCCOc1cccc(OCCCCCOCc2ccccc2)c1. The van der Waals surface area contributed by atoms with Crippen molar-refractivity contribution in [2.45, 2.75) is 25.9 Å². The second-order valence-electron chi connectivity index (χ2n) is 5.87. The van der Waals surface area contributed by atoms with Crippen molar-refractivity contribution in [3.8, 4) is 11.5 Å². The summed E-state index contributed by atoms with van der Waals surface area (Å²) in [6, 6.07) is 18.1. The van der Waals surface area contributed by atoms with Gasteiger partial charge in [0.1, 0.15) is 18.1 Å². The Kier molecular flexibility index (Phi) is 9.52. The standard InChI is InChI=1S/C21H29NO3/c1-22-13-16-25-21-12-8-11-20(17-21)24-15-7-3-6-14-23-18-19-9-4-2-5-10-19/h2,4-5,8-12,17,22H,3,6-7,13-16,18H2,1H3. The van der Waals surface area contributed by atoms with E-state index < -0.39 is 0 Å². The van der Waals surface area contributed by atoms with Crippen molar-refractivity contribution in [3.05, 3.63) is 60.2 Å².